The minimum Gasteiger partial charge on any atom is -0.310 e. The Kier molecular flexibility index (Phi) is 2.98. The summed E-state index contributed by atoms with van der Waals surface area (Å²) in [5.41, 5.74) is 0.940. The molecule has 1 fully saturated rings. The number of benzene rings is 1. The van der Waals surface area contributed by atoms with Crippen molar-refractivity contribution < 1.29 is 4.39 Å². The molecule has 15 heavy (non-hydrogen) atoms. The van der Waals surface area contributed by atoms with E-state index in [0.29, 0.717) is 0 Å². The van der Waals surface area contributed by atoms with Crippen molar-refractivity contribution in [2.45, 2.75) is 18.9 Å². The number of hydrogen-bond donors (Lipinski definition) is 1. The number of nitrogens with zero attached hydrogens (tertiary/aromatic N) is 1. The highest BCUT2D eigenvalue weighted by atomic mass is 19.1. The molecule has 1 aliphatic heterocycles. The third-order valence-electron chi connectivity index (χ3n) is 2.84. The van der Waals surface area contributed by atoms with Crippen molar-refractivity contribution in [3.05, 3.63) is 35.6 Å². The molecule has 78 valence electrons. The van der Waals surface area contributed by atoms with Crippen LogP contribution in [0.3, 0.4) is 0 Å². The molecule has 0 aromatic heterocycles. The van der Waals surface area contributed by atoms with Crippen LogP contribution in [-0.2, 0) is 0 Å². The predicted molar refractivity (Wildman–Crippen MR) is 55.5 cm³/mol. The van der Waals surface area contributed by atoms with Gasteiger partial charge in [0, 0.05) is 12.0 Å². The number of halogens is 1. The molecule has 1 aromatic rings. The smallest absolute Gasteiger partial charge is 0.123 e. The van der Waals surface area contributed by atoms with Gasteiger partial charge in [0.25, 0.3) is 0 Å². The Hall–Kier alpha value is -1.40. The van der Waals surface area contributed by atoms with Gasteiger partial charge >= 0.3 is 0 Å². The molecule has 0 bridgehead atoms. The van der Waals surface area contributed by atoms with Crippen molar-refractivity contribution in [3.63, 3.8) is 0 Å². The summed E-state index contributed by atoms with van der Waals surface area (Å²) in [4.78, 5) is 0. The molecule has 0 aliphatic carbocycles. The molecule has 1 heterocycles. The molecule has 1 aromatic carbocycles. The summed E-state index contributed by atoms with van der Waals surface area (Å²) >= 11 is 0. The molecule has 2 rings (SSSR count). The van der Waals surface area contributed by atoms with Gasteiger partial charge in [-0.1, -0.05) is 12.1 Å². The van der Waals surface area contributed by atoms with E-state index in [4.69, 9.17) is 5.26 Å². The number of hydrogen-bond acceptors (Lipinski definition) is 2. The average Bonchev–Trinajstić information content (AvgIpc) is 2.29. The Morgan fingerprint density at radius 2 is 2.33 bits per heavy atom. The predicted octanol–water partition coefficient (Wildman–Crippen LogP) is 2.39. The van der Waals surface area contributed by atoms with Crippen LogP contribution in [0.25, 0.3) is 0 Å². The van der Waals surface area contributed by atoms with Crippen LogP contribution >= 0.6 is 0 Å². The molecule has 2 atom stereocenters. The van der Waals surface area contributed by atoms with E-state index in [2.05, 4.69) is 11.4 Å². The van der Waals surface area contributed by atoms with Crippen LogP contribution in [0.2, 0.25) is 0 Å². The van der Waals surface area contributed by atoms with E-state index in [1.165, 1.54) is 12.1 Å². The molecule has 0 radical (unpaired) electrons. The summed E-state index contributed by atoms with van der Waals surface area (Å²) in [6.45, 7) is 0.833. The quantitative estimate of drug-likeness (QED) is 0.762. The summed E-state index contributed by atoms with van der Waals surface area (Å²) in [7, 11) is 0. The number of nitrogens with one attached hydrogen (secondary N) is 1. The zero-order valence-corrected chi connectivity index (χ0v) is 8.41. The van der Waals surface area contributed by atoms with Crippen LogP contribution in [0, 0.1) is 23.1 Å². The lowest BCUT2D eigenvalue weighted by Crippen LogP contribution is -2.31. The minimum atomic E-state index is -0.214. The highest BCUT2D eigenvalue weighted by Gasteiger charge is 2.22. The Morgan fingerprint density at radius 3 is 3.07 bits per heavy atom. The fraction of sp³-hybridized carbons (Fsp3) is 0.417. The molecule has 3 heteroatoms. The van der Waals surface area contributed by atoms with Crippen LogP contribution in [0.15, 0.2) is 24.3 Å². The second kappa shape index (κ2) is 4.41. The molecule has 0 saturated carbocycles. The second-order valence-electron chi connectivity index (χ2n) is 3.91. The van der Waals surface area contributed by atoms with Gasteiger partial charge in [-0.05, 0) is 37.1 Å². The van der Waals surface area contributed by atoms with Crippen LogP contribution < -0.4 is 5.32 Å². The maximum atomic E-state index is 13.0. The van der Waals surface area contributed by atoms with E-state index in [1.807, 2.05) is 6.07 Å². The number of rotatable bonds is 1. The van der Waals surface area contributed by atoms with Crippen molar-refractivity contribution in [3.8, 4) is 6.07 Å². The largest absolute Gasteiger partial charge is 0.310 e. The van der Waals surface area contributed by atoms with E-state index in [0.717, 1.165) is 24.9 Å². The van der Waals surface area contributed by atoms with Gasteiger partial charge in [-0.2, -0.15) is 5.26 Å². The van der Waals surface area contributed by atoms with Crippen molar-refractivity contribution in [2.24, 2.45) is 5.92 Å². The van der Waals surface area contributed by atoms with Gasteiger partial charge in [-0.3, -0.25) is 0 Å². The topological polar surface area (TPSA) is 35.8 Å². The second-order valence-corrected chi connectivity index (χ2v) is 3.91. The molecule has 1 saturated heterocycles. The lowest BCUT2D eigenvalue weighted by atomic mass is 9.90. The van der Waals surface area contributed by atoms with E-state index in [1.54, 1.807) is 6.07 Å². The zero-order chi connectivity index (χ0) is 10.7. The first-order valence-electron chi connectivity index (χ1n) is 5.18. The van der Waals surface area contributed by atoms with Crippen molar-refractivity contribution >= 4 is 0 Å². The molecule has 0 amide bonds. The van der Waals surface area contributed by atoms with E-state index in [9.17, 15) is 4.39 Å². The zero-order valence-electron chi connectivity index (χ0n) is 8.41. The van der Waals surface area contributed by atoms with Gasteiger partial charge in [0.2, 0.25) is 0 Å². The van der Waals surface area contributed by atoms with Gasteiger partial charge in [0.1, 0.15) is 5.82 Å². The first kappa shape index (κ1) is 10.1. The lowest BCUT2D eigenvalue weighted by molar-refractivity contribution is 0.355. The SMILES string of the molecule is N#CC1CCNC(c2cccc(F)c2)C1. The van der Waals surface area contributed by atoms with Crippen molar-refractivity contribution in [1.29, 1.82) is 5.26 Å². The van der Waals surface area contributed by atoms with Crippen LogP contribution in [0.4, 0.5) is 4.39 Å². The molecule has 2 unspecified atom stereocenters. The molecular formula is C12H13FN2. The van der Waals surface area contributed by atoms with Crippen LogP contribution in [0.5, 0.6) is 0 Å². The maximum Gasteiger partial charge on any atom is 0.123 e. The Bertz CT molecular complexity index is 383. The molecule has 0 spiro atoms. The van der Waals surface area contributed by atoms with Gasteiger partial charge < -0.3 is 5.32 Å². The third-order valence-corrected chi connectivity index (χ3v) is 2.84. The molecular weight excluding hydrogens is 191 g/mol. The molecule has 1 aliphatic rings. The van der Waals surface area contributed by atoms with Gasteiger partial charge in [-0.25, -0.2) is 4.39 Å². The fourth-order valence-electron chi connectivity index (χ4n) is 2.01. The standard InChI is InChI=1S/C12H13FN2/c13-11-3-1-2-10(7-11)12-6-9(8-14)4-5-15-12/h1-3,7,9,12,15H,4-6H2. The fourth-order valence-corrected chi connectivity index (χ4v) is 2.01. The van der Waals surface area contributed by atoms with Gasteiger partial charge in [0.15, 0.2) is 0 Å². The van der Waals surface area contributed by atoms with Gasteiger partial charge in [-0.15, -0.1) is 0 Å². The first-order valence-corrected chi connectivity index (χ1v) is 5.18. The lowest BCUT2D eigenvalue weighted by Gasteiger charge is -2.27. The van der Waals surface area contributed by atoms with Crippen LogP contribution in [-0.4, -0.2) is 6.54 Å². The summed E-state index contributed by atoms with van der Waals surface area (Å²) in [6, 6.07) is 9.00. The first-order chi connectivity index (χ1) is 7.29. The van der Waals surface area contributed by atoms with Crippen molar-refractivity contribution in [2.75, 3.05) is 6.54 Å². The van der Waals surface area contributed by atoms with Crippen molar-refractivity contribution in [1.82, 2.24) is 5.32 Å². The average molecular weight is 204 g/mol. The Balaban J connectivity index is 2.14. The highest BCUT2D eigenvalue weighted by molar-refractivity contribution is 5.21. The minimum absolute atomic E-state index is 0.0968. The molecule has 2 nitrogen and oxygen atoms in total. The van der Waals surface area contributed by atoms with E-state index < -0.39 is 0 Å². The summed E-state index contributed by atoms with van der Waals surface area (Å²) in [5.74, 6) is -0.118. The number of piperidine rings is 1. The van der Waals surface area contributed by atoms with E-state index in [-0.39, 0.29) is 17.8 Å². The monoisotopic (exact) mass is 204 g/mol. The highest BCUT2D eigenvalue weighted by Crippen LogP contribution is 2.26. The van der Waals surface area contributed by atoms with Crippen LogP contribution in [0.1, 0.15) is 24.4 Å². The normalized spacial score (nSPS) is 25.9. The molecule has 1 N–H and O–H groups in total. The summed E-state index contributed by atoms with van der Waals surface area (Å²) in [6.07, 6.45) is 1.67. The Labute approximate surface area is 88.7 Å². The maximum absolute atomic E-state index is 13.0. The summed E-state index contributed by atoms with van der Waals surface area (Å²) < 4.78 is 13.0. The third kappa shape index (κ3) is 2.34. The summed E-state index contributed by atoms with van der Waals surface area (Å²) in [5, 5.41) is 12.2. The van der Waals surface area contributed by atoms with E-state index >= 15 is 0 Å². The Morgan fingerprint density at radius 1 is 1.47 bits per heavy atom. The number of nitriles is 1. The van der Waals surface area contributed by atoms with Gasteiger partial charge in [0.05, 0.1) is 6.07 Å².